The number of benzene rings is 2. The van der Waals surface area contributed by atoms with E-state index in [4.69, 9.17) is 32.7 Å². The highest BCUT2D eigenvalue weighted by Crippen LogP contribution is 2.37. The highest BCUT2D eigenvalue weighted by molar-refractivity contribution is 7.89. The van der Waals surface area contributed by atoms with Crippen LogP contribution in [0.4, 0.5) is 0 Å². The molecule has 2 aromatic carbocycles. The van der Waals surface area contributed by atoms with Crippen LogP contribution >= 0.6 is 23.2 Å². The predicted molar refractivity (Wildman–Crippen MR) is 116 cm³/mol. The van der Waals surface area contributed by atoms with Crippen LogP contribution in [0, 0.1) is 0 Å². The molecule has 0 fully saturated rings. The Hall–Kier alpha value is -2.26. The molecule has 0 amide bonds. The van der Waals surface area contributed by atoms with Crippen molar-refractivity contribution in [1.29, 1.82) is 0 Å². The minimum atomic E-state index is -4.05. The molecule has 10 heteroatoms. The van der Waals surface area contributed by atoms with Crippen molar-refractivity contribution in [2.24, 2.45) is 0 Å². The number of carbonyl (C=O) groups is 1. The average Bonchev–Trinajstić information content (AvgIpc) is 2.72. The van der Waals surface area contributed by atoms with Crippen LogP contribution in [0.1, 0.15) is 24.1 Å². The van der Waals surface area contributed by atoms with E-state index in [0.717, 1.165) is 0 Å². The Balaban J connectivity index is 2.48. The van der Waals surface area contributed by atoms with Gasteiger partial charge in [0, 0.05) is 12.1 Å². The summed E-state index contributed by atoms with van der Waals surface area (Å²) in [6, 6.07) is 7.14. The molecule has 0 aliphatic carbocycles. The molecule has 1 unspecified atom stereocenters. The Morgan fingerprint density at radius 3 is 2.33 bits per heavy atom. The first-order chi connectivity index (χ1) is 14.1. The van der Waals surface area contributed by atoms with E-state index in [2.05, 4.69) is 9.46 Å². The van der Waals surface area contributed by atoms with Crippen LogP contribution in [0.3, 0.4) is 0 Å². The van der Waals surface area contributed by atoms with E-state index in [1.54, 1.807) is 31.2 Å². The summed E-state index contributed by atoms with van der Waals surface area (Å²) in [5, 5.41) is 0.682. The summed E-state index contributed by atoms with van der Waals surface area (Å²) in [4.78, 5) is 11.2. The number of hydrogen-bond donors (Lipinski definition) is 1. The lowest BCUT2D eigenvalue weighted by atomic mass is 10.1. The lowest BCUT2D eigenvalue weighted by Gasteiger charge is -2.18. The second-order valence-corrected chi connectivity index (χ2v) is 8.62. The lowest BCUT2D eigenvalue weighted by Crippen LogP contribution is -2.27. The zero-order valence-electron chi connectivity index (χ0n) is 16.7. The molecular formula is C20H21Cl2NO6S. The highest BCUT2D eigenvalue weighted by Gasteiger charge is 2.26. The number of sulfonamides is 1. The first-order valence-electron chi connectivity index (χ1n) is 8.62. The van der Waals surface area contributed by atoms with Gasteiger partial charge < -0.3 is 14.2 Å². The molecule has 7 nitrogen and oxygen atoms in total. The predicted octanol–water partition coefficient (Wildman–Crippen LogP) is 4.24. The molecule has 0 saturated carbocycles. The number of halogens is 2. The van der Waals surface area contributed by atoms with Gasteiger partial charge in [-0.25, -0.2) is 17.9 Å². The van der Waals surface area contributed by atoms with Crippen molar-refractivity contribution in [2.45, 2.75) is 17.9 Å². The van der Waals surface area contributed by atoms with Gasteiger partial charge in [0.2, 0.25) is 10.0 Å². The van der Waals surface area contributed by atoms with Crippen LogP contribution in [0.2, 0.25) is 10.0 Å². The molecule has 0 spiro atoms. The topological polar surface area (TPSA) is 90.9 Å². The van der Waals surface area contributed by atoms with E-state index in [1.807, 2.05) is 0 Å². The van der Waals surface area contributed by atoms with Gasteiger partial charge in [-0.05, 0) is 48.4 Å². The van der Waals surface area contributed by atoms with Crippen LogP contribution in [0.5, 0.6) is 11.5 Å². The normalized spacial score (nSPS) is 12.6. The molecule has 1 N–H and O–H groups in total. The van der Waals surface area contributed by atoms with E-state index >= 15 is 0 Å². The molecule has 1 atom stereocenters. The summed E-state index contributed by atoms with van der Waals surface area (Å²) in [7, 11) is -0.0929. The third-order valence-electron chi connectivity index (χ3n) is 4.15. The smallest absolute Gasteiger partial charge is 0.330 e. The van der Waals surface area contributed by atoms with Gasteiger partial charge in [-0.1, -0.05) is 29.3 Å². The van der Waals surface area contributed by atoms with Gasteiger partial charge in [-0.3, -0.25) is 0 Å². The van der Waals surface area contributed by atoms with Crippen LogP contribution in [-0.2, 0) is 19.6 Å². The monoisotopic (exact) mass is 473 g/mol. The standard InChI is InChI=1S/C20H21Cl2NO6S/c1-12(14-6-7-15(21)16(22)11-14)23-30(25,26)18-10-13(5-8-19(24)28-3)9-17(27-2)20(18)29-4/h5-12,23H,1-4H3/b8-5+. The fraction of sp³-hybridized carbons (Fsp3) is 0.250. The van der Waals surface area contributed by atoms with E-state index in [1.165, 1.54) is 39.5 Å². The Bertz CT molecular complexity index is 1070. The van der Waals surface area contributed by atoms with E-state index in [-0.39, 0.29) is 16.4 Å². The zero-order valence-corrected chi connectivity index (χ0v) is 19.1. The molecule has 30 heavy (non-hydrogen) atoms. The number of rotatable bonds is 8. The van der Waals surface area contributed by atoms with Crippen molar-refractivity contribution in [3.05, 3.63) is 57.6 Å². The van der Waals surface area contributed by atoms with Crippen molar-refractivity contribution in [2.75, 3.05) is 21.3 Å². The van der Waals surface area contributed by atoms with Gasteiger partial charge in [0.1, 0.15) is 4.90 Å². The average molecular weight is 474 g/mol. The Kier molecular flexibility index (Phi) is 8.14. The van der Waals surface area contributed by atoms with E-state index in [9.17, 15) is 13.2 Å². The van der Waals surface area contributed by atoms with E-state index in [0.29, 0.717) is 21.2 Å². The molecule has 162 valence electrons. The third kappa shape index (κ3) is 5.66. The molecule has 2 rings (SSSR count). The van der Waals surface area contributed by atoms with Crippen LogP contribution < -0.4 is 14.2 Å². The maximum atomic E-state index is 13.1. The number of esters is 1. The number of methoxy groups -OCH3 is 3. The maximum absolute atomic E-state index is 13.1. The molecule has 0 radical (unpaired) electrons. The molecule has 0 bridgehead atoms. The van der Waals surface area contributed by atoms with Gasteiger partial charge in [0.25, 0.3) is 0 Å². The number of carbonyl (C=O) groups excluding carboxylic acids is 1. The quantitative estimate of drug-likeness (QED) is 0.455. The molecule has 0 saturated heterocycles. The SMILES string of the molecule is COC(=O)/C=C/c1cc(OC)c(OC)c(S(=O)(=O)NC(C)c2ccc(Cl)c(Cl)c2)c1. The van der Waals surface area contributed by atoms with Crippen molar-refractivity contribution < 1.29 is 27.4 Å². The summed E-state index contributed by atoms with van der Waals surface area (Å²) in [6.07, 6.45) is 2.58. The van der Waals surface area contributed by atoms with Crippen molar-refractivity contribution in [1.82, 2.24) is 4.72 Å². The van der Waals surface area contributed by atoms with Gasteiger partial charge in [0.05, 0.1) is 31.4 Å². The second-order valence-electron chi connectivity index (χ2n) is 6.13. The first-order valence-corrected chi connectivity index (χ1v) is 10.9. The van der Waals surface area contributed by atoms with Crippen LogP contribution in [0.25, 0.3) is 6.08 Å². The molecule has 0 heterocycles. The summed E-state index contributed by atoms with van der Waals surface area (Å²) in [6.45, 7) is 1.67. The van der Waals surface area contributed by atoms with Crippen LogP contribution in [-0.4, -0.2) is 35.7 Å². The van der Waals surface area contributed by atoms with E-state index < -0.39 is 22.0 Å². The van der Waals surface area contributed by atoms with Crippen molar-refractivity contribution >= 4 is 45.3 Å². The lowest BCUT2D eigenvalue weighted by molar-refractivity contribution is -0.134. The summed E-state index contributed by atoms with van der Waals surface area (Å²) in [5.41, 5.74) is 1.03. The fourth-order valence-electron chi connectivity index (χ4n) is 2.62. The van der Waals surface area contributed by atoms with Crippen LogP contribution in [0.15, 0.2) is 41.3 Å². The number of hydrogen-bond acceptors (Lipinski definition) is 6. The minimum absolute atomic E-state index is 0.0292. The highest BCUT2D eigenvalue weighted by atomic mass is 35.5. The Morgan fingerprint density at radius 1 is 1.07 bits per heavy atom. The van der Waals surface area contributed by atoms with Crippen molar-refractivity contribution in [3.63, 3.8) is 0 Å². The first kappa shape index (κ1) is 24.0. The number of nitrogens with one attached hydrogen (secondary N) is 1. The van der Waals surface area contributed by atoms with Gasteiger partial charge in [-0.2, -0.15) is 0 Å². The molecular weight excluding hydrogens is 453 g/mol. The summed E-state index contributed by atoms with van der Waals surface area (Å²) >= 11 is 12.0. The summed E-state index contributed by atoms with van der Waals surface area (Å²) < 4.78 is 44.0. The van der Waals surface area contributed by atoms with Gasteiger partial charge in [0.15, 0.2) is 11.5 Å². The van der Waals surface area contributed by atoms with Gasteiger partial charge >= 0.3 is 5.97 Å². The zero-order chi connectivity index (χ0) is 22.5. The molecule has 0 aliphatic heterocycles. The summed E-state index contributed by atoms with van der Waals surface area (Å²) in [5.74, 6) is -0.366. The third-order valence-corrected chi connectivity index (χ3v) is 6.43. The molecule has 0 aromatic heterocycles. The van der Waals surface area contributed by atoms with Gasteiger partial charge in [-0.15, -0.1) is 0 Å². The molecule has 0 aliphatic rings. The largest absolute Gasteiger partial charge is 0.493 e. The molecule has 2 aromatic rings. The van der Waals surface area contributed by atoms with Crippen molar-refractivity contribution in [3.8, 4) is 11.5 Å². The maximum Gasteiger partial charge on any atom is 0.330 e. The number of ether oxygens (including phenoxy) is 3. The second kappa shape index (κ2) is 10.2. The Labute approximate surface area is 185 Å². The Morgan fingerprint density at radius 2 is 1.77 bits per heavy atom. The minimum Gasteiger partial charge on any atom is -0.493 e. The fourth-order valence-corrected chi connectivity index (χ4v) is 4.38.